The number of hydrogen-bond donors (Lipinski definition) is 1. The van der Waals surface area contributed by atoms with Crippen molar-refractivity contribution in [1.29, 1.82) is 0 Å². The number of hydrogen-bond acceptors (Lipinski definition) is 5. The van der Waals surface area contributed by atoms with Crippen LogP contribution in [0, 0.1) is 10.1 Å². The van der Waals surface area contributed by atoms with Crippen LogP contribution in [-0.4, -0.2) is 28.5 Å². The highest BCUT2D eigenvalue weighted by atomic mass is 16.6. The van der Waals surface area contributed by atoms with E-state index in [1.165, 1.54) is 6.07 Å². The van der Waals surface area contributed by atoms with Crippen LogP contribution in [-0.2, 0) is 0 Å². The van der Waals surface area contributed by atoms with E-state index >= 15 is 0 Å². The summed E-state index contributed by atoms with van der Waals surface area (Å²) in [6.45, 7) is 5.15. The van der Waals surface area contributed by atoms with Crippen LogP contribution >= 0.6 is 0 Å². The first kappa shape index (κ1) is 13.0. The average molecular weight is 253 g/mol. The molecule has 0 aliphatic carbocycles. The van der Waals surface area contributed by atoms with Crippen molar-refractivity contribution in [3.05, 3.63) is 28.0 Å². The molecule has 2 rings (SSSR count). The van der Waals surface area contributed by atoms with E-state index in [1.807, 2.05) is 0 Å². The molecular formula is C12H19N3O3. The SMILES string of the molecule is CC(C)N1CCCC(N)C1c1ccc([N+](=O)[O-])o1. The minimum atomic E-state index is -0.516. The number of nitrogens with zero attached hydrogens (tertiary/aromatic N) is 2. The third-order valence-corrected chi connectivity index (χ3v) is 3.46. The summed E-state index contributed by atoms with van der Waals surface area (Å²) in [5.41, 5.74) is 6.15. The van der Waals surface area contributed by atoms with Crippen LogP contribution in [0.3, 0.4) is 0 Å². The van der Waals surface area contributed by atoms with Gasteiger partial charge in [-0.2, -0.15) is 0 Å². The van der Waals surface area contributed by atoms with Gasteiger partial charge in [-0.15, -0.1) is 0 Å². The number of rotatable bonds is 3. The second-order valence-corrected chi connectivity index (χ2v) is 5.02. The zero-order valence-electron chi connectivity index (χ0n) is 10.7. The van der Waals surface area contributed by atoms with Gasteiger partial charge in [0.15, 0.2) is 0 Å². The molecule has 1 saturated heterocycles. The van der Waals surface area contributed by atoms with Crippen molar-refractivity contribution < 1.29 is 9.34 Å². The first-order chi connectivity index (χ1) is 8.50. The molecule has 1 aliphatic rings. The largest absolute Gasteiger partial charge is 0.433 e. The van der Waals surface area contributed by atoms with Crippen molar-refractivity contribution in [3.8, 4) is 0 Å². The van der Waals surface area contributed by atoms with Gasteiger partial charge in [-0.3, -0.25) is 15.0 Å². The fourth-order valence-electron chi connectivity index (χ4n) is 2.61. The molecule has 18 heavy (non-hydrogen) atoms. The molecule has 6 nitrogen and oxygen atoms in total. The number of nitrogens with two attached hydrogens (primary N) is 1. The zero-order chi connectivity index (χ0) is 13.3. The van der Waals surface area contributed by atoms with E-state index in [1.54, 1.807) is 6.07 Å². The van der Waals surface area contributed by atoms with E-state index < -0.39 is 4.92 Å². The minimum absolute atomic E-state index is 0.0353. The molecule has 6 heteroatoms. The summed E-state index contributed by atoms with van der Waals surface area (Å²) < 4.78 is 5.31. The first-order valence-corrected chi connectivity index (χ1v) is 6.26. The molecule has 2 heterocycles. The highest BCUT2D eigenvalue weighted by Gasteiger charge is 2.34. The van der Waals surface area contributed by atoms with Crippen LogP contribution in [0.5, 0.6) is 0 Å². The first-order valence-electron chi connectivity index (χ1n) is 6.26. The van der Waals surface area contributed by atoms with Crippen LogP contribution in [0.4, 0.5) is 5.88 Å². The Morgan fingerprint density at radius 1 is 1.56 bits per heavy atom. The fraction of sp³-hybridized carbons (Fsp3) is 0.667. The van der Waals surface area contributed by atoms with Gasteiger partial charge in [0.05, 0.1) is 12.1 Å². The van der Waals surface area contributed by atoms with E-state index in [4.69, 9.17) is 10.2 Å². The molecule has 0 spiro atoms. The quantitative estimate of drug-likeness (QED) is 0.658. The summed E-state index contributed by atoms with van der Waals surface area (Å²) in [7, 11) is 0. The van der Waals surface area contributed by atoms with E-state index in [0.717, 1.165) is 19.4 Å². The van der Waals surface area contributed by atoms with Crippen molar-refractivity contribution >= 4 is 5.88 Å². The van der Waals surface area contributed by atoms with E-state index in [-0.39, 0.29) is 18.0 Å². The minimum Gasteiger partial charge on any atom is -0.404 e. The van der Waals surface area contributed by atoms with Gasteiger partial charge < -0.3 is 10.2 Å². The molecule has 2 unspecified atom stereocenters. The highest BCUT2D eigenvalue weighted by Crippen LogP contribution is 2.34. The molecule has 1 aliphatic heterocycles. The number of nitro groups is 1. The Bertz CT molecular complexity index is 430. The zero-order valence-corrected chi connectivity index (χ0v) is 10.7. The van der Waals surface area contributed by atoms with E-state index in [9.17, 15) is 10.1 Å². The Kier molecular flexibility index (Phi) is 3.68. The molecule has 0 radical (unpaired) electrons. The highest BCUT2D eigenvalue weighted by molar-refractivity contribution is 5.21. The van der Waals surface area contributed by atoms with Gasteiger partial charge in [0.2, 0.25) is 0 Å². The molecule has 0 saturated carbocycles. The van der Waals surface area contributed by atoms with Gasteiger partial charge in [-0.25, -0.2) is 0 Å². The summed E-state index contributed by atoms with van der Waals surface area (Å²) in [6, 6.07) is 3.31. The molecule has 1 aromatic rings. The third-order valence-electron chi connectivity index (χ3n) is 3.46. The Hall–Kier alpha value is -1.40. The van der Waals surface area contributed by atoms with Gasteiger partial charge in [0, 0.05) is 12.1 Å². The number of piperidine rings is 1. The van der Waals surface area contributed by atoms with Crippen LogP contribution < -0.4 is 5.73 Å². The Labute approximate surface area is 106 Å². The van der Waals surface area contributed by atoms with Crippen molar-refractivity contribution in [2.24, 2.45) is 5.73 Å². The molecule has 2 atom stereocenters. The van der Waals surface area contributed by atoms with E-state index in [2.05, 4.69) is 18.7 Å². The molecule has 2 N–H and O–H groups in total. The number of furan rings is 1. The maximum atomic E-state index is 10.7. The van der Waals surface area contributed by atoms with Crippen molar-refractivity contribution in [2.45, 2.75) is 44.8 Å². The second kappa shape index (κ2) is 5.07. The molecule has 0 aromatic carbocycles. The third kappa shape index (κ3) is 2.39. The molecule has 0 amide bonds. The van der Waals surface area contributed by atoms with Gasteiger partial charge >= 0.3 is 5.88 Å². The van der Waals surface area contributed by atoms with Crippen LogP contribution in [0.15, 0.2) is 16.5 Å². The van der Waals surface area contributed by atoms with Crippen molar-refractivity contribution in [3.63, 3.8) is 0 Å². The predicted octanol–water partition coefficient (Wildman–Crippen LogP) is 2.06. The lowest BCUT2D eigenvalue weighted by Crippen LogP contribution is -2.48. The lowest BCUT2D eigenvalue weighted by Gasteiger charge is -2.40. The van der Waals surface area contributed by atoms with Gasteiger partial charge in [-0.1, -0.05) is 0 Å². The van der Waals surface area contributed by atoms with Gasteiger partial charge in [-0.05, 0) is 39.3 Å². The van der Waals surface area contributed by atoms with Crippen molar-refractivity contribution in [2.75, 3.05) is 6.54 Å². The van der Waals surface area contributed by atoms with Crippen LogP contribution in [0.25, 0.3) is 0 Å². The normalized spacial score (nSPS) is 25.6. The Morgan fingerprint density at radius 2 is 2.28 bits per heavy atom. The Morgan fingerprint density at radius 3 is 2.83 bits per heavy atom. The van der Waals surface area contributed by atoms with Crippen LogP contribution in [0.1, 0.15) is 38.5 Å². The molecule has 1 fully saturated rings. The maximum Gasteiger partial charge on any atom is 0.433 e. The topological polar surface area (TPSA) is 85.5 Å². The second-order valence-electron chi connectivity index (χ2n) is 5.02. The summed E-state index contributed by atoms with van der Waals surface area (Å²) >= 11 is 0. The summed E-state index contributed by atoms with van der Waals surface area (Å²) in [4.78, 5) is 12.4. The summed E-state index contributed by atoms with van der Waals surface area (Å²) in [6.07, 6.45) is 1.97. The lowest BCUT2D eigenvalue weighted by molar-refractivity contribution is -0.402. The molecule has 100 valence electrons. The van der Waals surface area contributed by atoms with Crippen molar-refractivity contribution in [1.82, 2.24) is 4.90 Å². The van der Waals surface area contributed by atoms with E-state index in [0.29, 0.717) is 11.8 Å². The monoisotopic (exact) mass is 253 g/mol. The molecule has 0 bridgehead atoms. The average Bonchev–Trinajstić information content (AvgIpc) is 2.77. The lowest BCUT2D eigenvalue weighted by atomic mass is 9.94. The standard InChI is InChI=1S/C12H19N3O3/c1-8(2)14-7-3-4-9(13)12(14)10-5-6-11(18-10)15(16)17/h5-6,8-9,12H,3-4,7,13H2,1-2H3. The predicted molar refractivity (Wildman–Crippen MR) is 67.2 cm³/mol. The van der Waals surface area contributed by atoms with Gasteiger partial charge in [0.1, 0.15) is 10.7 Å². The summed E-state index contributed by atoms with van der Waals surface area (Å²) in [5.74, 6) is 0.383. The van der Waals surface area contributed by atoms with Crippen LogP contribution in [0.2, 0.25) is 0 Å². The molecule has 1 aromatic heterocycles. The number of likely N-dealkylation sites (tertiary alicyclic amines) is 1. The van der Waals surface area contributed by atoms with Gasteiger partial charge in [0.25, 0.3) is 0 Å². The Balaban J connectivity index is 2.28. The fourth-order valence-corrected chi connectivity index (χ4v) is 2.61. The smallest absolute Gasteiger partial charge is 0.404 e. The summed E-state index contributed by atoms with van der Waals surface area (Å²) in [5, 5.41) is 10.7. The maximum absolute atomic E-state index is 10.7. The molecular weight excluding hydrogens is 234 g/mol.